The molecular formula is C9H15N3O. The summed E-state index contributed by atoms with van der Waals surface area (Å²) in [6.45, 7) is 4.96. The van der Waals surface area contributed by atoms with Crippen LogP contribution in [0.5, 0.6) is 5.88 Å². The van der Waals surface area contributed by atoms with E-state index in [1.165, 1.54) is 0 Å². The number of rotatable bonds is 1. The quantitative estimate of drug-likeness (QED) is 0.637. The Morgan fingerprint density at radius 1 is 1.38 bits per heavy atom. The van der Waals surface area contributed by atoms with Gasteiger partial charge in [-0.3, -0.25) is 9.47 Å². The molecule has 4 nitrogen and oxygen atoms in total. The molecule has 4 heteroatoms. The monoisotopic (exact) mass is 181 g/mol. The van der Waals surface area contributed by atoms with Crippen molar-refractivity contribution in [1.82, 2.24) is 14.5 Å². The maximum atomic E-state index is 5.30. The second kappa shape index (κ2) is 3.03. The fourth-order valence-electron chi connectivity index (χ4n) is 1.81. The van der Waals surface area contributed by atoms with E-state index < -0.39 is 0 Å². The third-order valence-corrected chi connectivity index (χ3v) is 2.47. The topological polar surface area (TPSA) is 30.3 Å². The number of methoxy groups -OCH3 is 1. The maximum Gasteiger partial charge on any atom is 0.216 e. The van der Waals surface area contributed by atoms with Gasteiger partial charge in [0.2, 0.25) is 5.88 Å². The first-order valence-corrected chi connectivity index (χ1v) is 4.51. The van der Waals surface area contributed by atoms with Crippen LogP contribution in [-0.4, -0.2) is 35.2 Å². The van der Waals surface area contributed by atoms with Crippen molar-refractivity contribution >= 4 is 0 Å². The molecule has 0 radical (unpaired) electrons. The van der Waals surface area contributed by atoms with Crippen LogP contribution in [0, 0.1) is 6.92 Å². The van der Waals surface area contributed by atoms with Crippen LogP contribution in [0.25, 0.3) is 0 Å². The number of fused-ring (bicyclic) bond motifs is 1. The average Bonchev–Trinajstić information content (AvgIpc) is 2.39. The molecule has 1 aromatic heterocycles. The molecule has 1 aliphatic heterocycles. The summed E-state index contributed by atoms with van der Waals surface area (Å²) in [5.41, 5.74) is 0.993. The van der Waals surface area contributed by atoms with Crippen LogP contribution >= 0.6 is 0 Å². The Labute approximate surface area is 78.1 Å². The third-order valence-electron chi connectivity index (χ3n) is 2.47. The zero-order valence-corrected chi connectivity index (χ0v) is 8.37. The standard InChI is InChI=1S/C9H15N3O/c1-7-9(13-3)12-5-4-11(2)6-8(12)10-7/h4-6H2,1-3H3. The van der Waals surface area contributed by atoms with E-state index in [1.807, 2.05) is 6.92 Å². The summed E-state index contributed by atoms with van der Waals surface area (Å²) in [5.74, 6) is 2.03. The van der Waals surface area contributed by atoms with Gasteiger partial charge in [0, 0.05) is 13.1 Å². The average molecular weight is 181 g/mol. The normalized spacial score (nSPS) is 17.2. The Balaban J connectivity index is 2.41. The highest BCUT2D eigenvalue weighted by atomic mass is 16.5. The van der Waals surface area contributed by atoms with Crippen molar-refractivity contribution < 1.29 is 4.74 Å². The number of likely N-dealkylation sites (N-methyl/N-ethyl adjacent to an activating group) is 1. The summed E-state index contributed by atoms with van der Waals surface area (Å²) in [4.78, 5) is 6.73. The first-order chi connectivity index (χ1) is 6.22. The van der Waals surface area contributed by atoms with Gasteiger partial charge in [-0.1, -0.05) is 0 Å². The van der Waals surface area contributed by atoms with Crippen molar-refractivity contribution in [3.8, 4) is 5.88 Å². The number of aromatic nitrogens is 2. The van der Waals surface area contributed by atoms with E-state index in [-0.39, 0.29) is 0 Å². The number of hydrogen-bond acceptors (Lipinski definition) is 3. The van der Waals surface area contributed by atoms with Gasteiger partial charge < -0.3 is 4.74 Å². The lowest BCUT2D eigenvalue weighted by Gasteiger charge is -2.23. The van der Waals surface area contributed by atoms with Gasteiger partial charge in [0.05, 0.1) is 19.3 Å². The smallest absolute Gasteiger partial charge is 0.216 e. The second-order valence-corrected chi connectivity index (χ2v) is 3.51. The molecule has 0 aromatic carbocycles. The zero-order chi connectivity index (χ0) is 9.42. The molecule has 72 valence electrons. The van der Waals surface area contributed by atoms with Gasteiger partial charge >= 0.3 is 0 Å². The minimum atomic E-state index is 0.920. The van der Waals surface area contributed by atoms with Gasteiger partial charge in [0.1, 0.15) is 5.82 Å². The van der Waals surface area contributed by atoms with Crippen molar-refractivity contribution in [3.05, 3.63) is 11.5 Å². The largest absolute Gasteiger partial charge is 0.481 e. The molecule has 0 bridgehead atoms. The Bertz CT molecular complexity index is 319. The maximum absolute atomic E-state index is 5.30. The fourth-order valence-corrected chi connectivity index (χ4v) is 1.81. The highest BCUT2D eigenvalue weighted by Gasteiger charge is 2.19. The minimum Gasteiger partial charge on any atom is -0.481 e. The van der Waals surface area contributed by atoms with E-state index in [0.29, 0.717) is 0 Å². The number of ether oxygens (including phenoxy) is 1. The summed E-state index contributed by atoms with van der Waals surface area (Å²) in [7, 11) is 3.82. The molecule has 0 atom stereocenters. The first kappa shape index (κ1) is 8.56. The van der Waals surface area contributed by atoms with Crippen molar-refractivity contribution in [1.29, 1.82) is 0 Å². The highest BCUT2D eigenvalue weighted by Crippen LogP contribution is 2.22. The lowest BCUT2D eigenvalue weighted by Crippen LogP contribution is -2.30. The van der Waals surface area contributed by atoms with Crippen LogP contribution in [0.4, 0.5) is 0 Å². The lowest BCUT2D eigenvalue weighted by atomic mass is 10.4. The number of hydrogen-bond donors (Lipinski definition) is 0. The molecule has 0 aliphatic carbocycles. The SMILES string of the molecule is COc1c(C)nc2n1CCN(C)C2. The first-order valence-electron chi connectivity index (χ1n) is 4.51. The Hall–Kier alpha value is -1.03. The van der Waals surface area contributed by atoms with Crippen LogP contribution in [0.2, 0.25) is 0 Å². The molecule has 0 saturated carbocycles. The molecular weight excluding hydrogens is 166 g/mol. The Morgan fingerprint density at radius 3 is 2.85 bits per heavy atom. The highest BCUT2D eigenvalue weighted by molar-refractivity contribution is 5.23. The van der Waals surface area contributed by atoms with Gasteiger partial charge in [0.25, 0.3) is 0 Å². The summed E-state index contributed by atoms with van der Waals surface area (Å²) >= 11 is 0. The molecule has 0 spiro atoms. The van der Waals surface area contributed by atoms with E-state index >= 15 is 0 Å². The van der Waals surface area contributed by atoms with Gasteiger partial charge in [-0.25, -0.2) is 4.98 Å². The lowest BCUT2D eigenvalue weighted by molar-refractivity contribution is 0.250. The number of nitrogens with zero attached hydrogens (tertiary/aromatic N) is 3. The third kappa shape index (κ3) is 1.31. The van der Waals surface area contributed by atoms with Crippen molar-refractivity contribution in [3.63, 3.8) is 0 Å². The molecule has 0 N–H and O–H groups in total. The fraction of sp³-hybridized carbons (Fsp3) is 0.667. The molecule has 0 saturated heterocycles. The molecule has 13 heavy (non-hydrogen) atoms. The van der Waals surface area contributed by atoms with Crippen molar-refractivity contribution in [2.75, 3.05) is 20.7 Å². The van der Waals surface area contributed by atoms with Crippen molar-refractivity contribution in [2.24, 2.45) is 0 Å². The van der Waals surface area contributed by atoms with Crippen LogP contribution in [0.3, 0.4) is 0 Å². The van der Waals surface area contributed by atoms with Gasteiger partial charge in [0.15, 0.2) is 0 Å². The molecule has 0 fully saturated rings. The molecule has 0 unspecified atom stereocenters. The van der Waals surface area contributed by atoms with E-state index in [4.69, 9.17) is 4.74 Å². The summed E-state index contributed by atoms with van der Waals surface area (Å²) < 4.78 is 7.46. The Morgan fingerprint density at radius 2 is 2.15 bits per heavy atom. The minimum absolute atomic E-state index is 0.920. The molecule has 2 rings (SSSR count). The van der Waals surface area contributed by atoms with Gasteiger partial charge in [-0.15, -0.1) is 0 Å². The second-order valence-electron chi connectivity index (χ2n) is 3.51. The summed E-state index contributed by atoms with van der Waals surface area (Å²) in [5, 5.41) is 0. The molecule has 1 aliphatic rings. The predicted octanol–water partition coefficient (Wildman–Crippen LogP) is 0.646. The van der Waals surface area contributed by atoms with E-state index in [2.05, 4.69) is 21.5 Å². The van der Waals surface area contributed by atoms with Crippen molar-refractivity contribution in [2.45, 2.75) is 20.0 Å². The van der Waals surface area contributed by atoms with E-state index in [1.54, 1.807) is 7.11 Å². The van der Waals surface area contributed by atoms with Crippen LogP contribution in [0.15, 0.2) is 0 Å². The van der Waals surface area contributed by atoms with E-state index in [9.17, 15) is 0 Å². The zero-order valence-electron chi connectivity index (χ0n) is 8.37. The summed E-state index contributed by atoms with van der Waals surface area (Å²) in [6, 6.07) is 0. The molecule has 0 amide bonds. The van der Waals surface area contributed by atoms with Crippen LogP contribution in [0.1, 0.15) is 11.5 Å². The van der Waals surface area contributed by atoms with Gasteiger partial charge in [-0.2, -0.15) is 0 Å². The molecule has 2 heterocycles. The summed E-state index contributed by atoms with van der Waals surface area (Å²) in [6.07, 6.45) is 0. The number of imidazole rings is 1. The number of aryl methyl sites for hydroxylation is 1. The molecule has 1 aromatic rings. The Kier molecular flexibility index (Phi) is 2.00. The van der Waals surface area contributed by atoms with Crippen LogP contribution in [-0.2, 0) is 13.1 Å². The van der Waals surface area contributed by atoms with E-state index in [0.717, 1.165) is 37.0 Å². The predicted molar refractivity (Wildman–Crippen MR) is 49.9 cm³/mol. The van der Waals surface area contributed by atoms with Crippen LogP contribution < -0.4 is 4.74 Å². The van der Waals surface area contributed by atoms with Gasteiger partial charge in [-0.05, 0) is 14.0 Å².